The third-order valence-corrected chi connectivity index (χ3v) is 6.45. The molecule has 0 bridgehead atoms. The summed E-state index contributed by atoms with van der Waals surface area (Å²) in [6.07, 6.45) is -3.28. The number of carbonyl (C=O) groups excluding carboxylic acids is 6. The fourth-order valence-electron chi connectivity index (χ4n) is 4.48. The molecule has 2 fully saturated rings. The molecule has 2 aliphatic rings. The molecule has 0 aromatic heterocycles. The first-order valence-corrected chi connectivity index (χ1v) is 14.4. The molecular formula is C28H46N4O12. The van der Waals surface area contributed by atoms with E-state index < -0.39 is 83.5 Å². The van der Waals surface area contributed by atoms with Gasteiger partial charge in [-0.2, -0.15) is 0 Å². The maximum atomic E-state index is 13.2. The summed E-state index contributed by atoms with van der Waals surface area (Å²) in [6.45, 7) is 10.1. The van der Waals surface area contributed by atoms with Crippen molar-refractivity contribution in [1.29, 1.82) is 0 Å². The second-order valence-corrected chi connectivity index (χ2v) is 12.5. The van der Waals surface area contributed by atoms with E-state index >= 15 is 0 Å². The SMILES string of the molecule is COC(=O)CCC(NC(=O)OC(C)(C)C)C(=O)NC1COC2C(NC(=O)C(CCC(=O)OC)NC(=O)OC(C)(C)C)COC12. The van der Waals surface area contributed by atoms with Crippen LogP contribution in [0.5, 0.6) is 0 Å². The van der Waals surface area contributed by atoms with Crippen molar-refractivity contribution in [3.8, 4) is 0 Å². The van der Waals surface area contributed by atoms with Gasteiger partial charge in [0.25, 0.3) is 0 Å². The quantitative estimate of drug-likeness (QED) is 0.171. The molecule has 2 aliphatic heterocycles. The minimum atomic E-state index is -1.12. The monoisotopic (exact) mass is 630 g/mol. The lowest BCUT2D eigenvalue weighted by molar-refractivity contribution is -0.142. The number of fused-ring (bicyclic) bond motifs is 1. The zero-order valence-corrected chi connectivity index (χ0v) is 26.6. The van der Waals surface area contributed by atoms with Crippen LogP contribution in [0.1, 0.15) is 67.2 Å². The van der Waals surface area contributed by atoms with Crippen LogP contribution < -0.4 is 21.3 Å². The second-order valence-electron chi connectivity index (χ2n) is 12.5. The Morgan fingerprint density at radius 3 is 1.30 bits per heavy atom. The van der Waals surface area contributed by atoms with Gasteiger partial charge in [-0.05, 0) is 54.4 Å². The van der Waals surface area contributed by atoms with Crippen molar-refractivity contribution >= 4 is 35.9 Å². The van der Waals surface area contributed by atoms with Gasteiger partial charge in [-0.1, -0.05) is 0 Å². The standard InChI is InChI=1S/C28H46N4O12/c1-27(2,3)43-25(37)31-15(9-11-19(33)39-7)23(35)29-17-13-41-22-18(14-42-21(17)22)30-24(36)16(10-12-20(34)40-8)32-26(38)44-28(4,5)6/h15-18,21-22H,9-14H2,1-8H3,(H,29,35)(H,30,36)(H,31,37)(H,32,38). The first kappa shape index (κ1) is 36.5. The van der Waals surface area contributed by atoms with E-state index in [2.05, 4.69) is 30.7 Å². The summed E-state index contributed by atoms with van der Waals surface area (Å²) in [5.41, 5.74) is -1.62. The molecule has 0 aliphatic carbocycles. The fraction of sp³-hybridized carbons (Fsp3) is 0.786. The van der Waals surface area contributed by atoms with Crippen molar-refractivity contribution < 1.29 is 57.2 Å². The van der Waals surface area contributed by atoms with Gasteiger partial charge in [0.2, 0.25) is 11.8 Å². The van der Waals surface area contributed by atoms with Crippen LogP contribution in [0.15, 0.2) is 0 Å². The first-order valence-electron chi connectivity index (χ1n) is 14.4. The number of carbonyl (C=O) groups is 6. The number of nitrogens with one attached hydrogen (secondary N) is 4. The van der Waals surface area contributed by atoms with E-state index in [1.807, 2.05) is 0 Å². The zero-order chi connectivity index (χ0) is 33.2. The van der Waals surface area contributed by atoms with Crippen LogP contribution in [-0.2, 0) is 47.6 Å². The van der Waals surface area contributed by atoms with E-state index in [9.17, 15) is 28.8 Å². The lowest BCUT2D eigenvalue weighted by Gasteiger charge is -2.25. The molecule has 0 saturated carbocycles. The number of ether oxygens (including phenoxy) is 6. The summed E-state index contributed by atoms with van der Waals surface area (Å²) in [5, 5.41) is 10.6. The molecular weight excluding hydrogens is 584 g/mol. The van der Waals surface area contributed by atoms with E-state index in [0.29, 0.717) is 0 Å². The summed E-state index contributed by atoms with van der Waals surface area (Å²) >= 11 is 0. The van der Waals surface area contributed by atoms with E-state index in [4.69, 9.17) is 18.9 Å². The number of hydrogen-bond acceptors (Lipinski definition) is 12. The number of esters is 2. The lowest BCUT2D eigenvalue weighted by atomic mass is 10.0. The Morgan fingerprint density at radius 2 is 1.00 bits per heavy atom. The van der Waals surface area contributed by atoms with Gasteiger partial charge in [0.1, 0.15) is 35.5 Å². The lowest BCUT2D eigenvalue weighted by Crippen LogP contribution is -2.54. The smallest absolute Gasteiger partial charge is 0.408 e. The van der Waals surface area contributed by atoms with Crippen LogP contribution >= 0.6 is 0 Å². The molecule has 0 spiro atoms. The Labute approximate surface area is 256 Å². The number of alkyl carbamates (subject to hydrolysis) is 2. The van der Waals surface area contributed by atoms with Gasteiger partial charge in [0.05, 0.1) is 39.5 Å². The number of methoxy groups -OCH3 is 2. The molecule has 2 rings (SSSR count). The molecule has 4 N–H and O–H groups in total. The minimum Gasteiger partial charge on any atom is -0.469 e. The third kappa shape index (κ3) is 12.1. The molecule has 16 nitrogen and oxygen atoms in total. The molecule has 44 heavy (non-hydrogen) atoms. The van der Waals surface area contributed by atoms with Gasteiger partial charge in [0.15, 0.2) is 0 Å². The topological polar surface area (TPSA) is 206 Å². The molecule has 2 heterocycles. The number of amides is 4. The van der Waals surface area contributed by atoms with Crippen LogP contribution in [0.25, 0.3) is 0 Å². The van der Waals surface area contributed by atoms with Crippen molar-refractivity contribution in [2.24, 2.45) is 0 Å². The highest BCUT2D eigenvalue weighted by Crippen LogP contribution is 2.27. The highest BCUT2D eigenvalue weighted by Gasteiger charge is 2.49. The van der Waals surface area contributed by atoms with Crippen LogP contribution in [0, 0.1) is 0 Å². The molecule has 16 heteroatoms. The first-order chi connectivity index (χ1) is 20.4. The van der Waals surface area contributed by atoms with Gasteiger partial charge in [0, 0.05) is 12.8 Å². The largest absolute Gasteiger partial charge is 0.469 e. The number of rotatable bonds is 12. The molecule has 0 radical (unpaired) electrons. The van der Waals surface area contributed by atoms with Crippen molar-refractivity contribution in [3.63, 3.8) is 0 Å². The number of hydrogen-bond donors (Lipinski definition) is 4. The zero-order valence-electron chi connectivity index (χ0n) is 26.6. The maximum absolute atomic E-state index is 13.2. The Morgan fingerprint density at radius 1 is 0.659 bits per heavy atom. The Bertz CT molecular complexity index is 972. The second kappa shape index (κ2) is 15.9. The van der Waals surface area contributed by atoms with Gasteiger partial charge >= 0.3 is 24.1 Å². The molecule has 6 atom stereocenters. The van der Waals surface area contributed by atoms with E-state index in [1.54, 1.807) is 41.5 Å². The van der Waals surface area contributed by atoms with E-state index in [-0.39, 0.29) is 38.9 Å². The van der Waals surface area contributed by atoms with Crippen molar-refractivity contribution in [2.45, 2.75) is 115 Å². The van der Waals surface area contributed by atoms with Crippen LogP contribution in [0.3, 0.4) is 0 Å². The fourth-order valence-corrected chi connectivity index (χ4v) is 4.48. The predicted molar refractivity (Wildman–Crippen MR) is 152 cm³/mol. The van der Waals surface area contributed by atoms with Crippen LogP contribution in [0.2, 0.25) is 0 Å². The average Bonchev–Trinajstić information content (AvgIpc) is 3.49. The van der Waals surface area contributed by atoms with Crippen LogP contribution in [0.4, 0.5) is 9.59 Å². The molecule has 4 amide bonds. The van der Waals surface area contributed by atoms with Crippen molar-refractivity contribution in [1.82, 2.24) is 21.3 Å². The third-order valence-electron chi connectivity index (χ3n) is 6.45. The molecule has 0 aromatic carbocycles. The normalized spacial score (nSPS) is 22.5. The summed E-state index contributed by atoms with van der Waals surface area (Å²) in [6, 6.07) is -3.50. The molecule has 6 unspecified atom stereocenters. The van der Waals surface area contributed by atoms with Crippen LogP contribution in [-0.4, -0.2) is 111 Å². The van der Waals surface area contributed by atoms with Gasteiger partial charge in [-0.25, -0.2) is 9.59 Å². The average molecular weight is 631 g/mol. The summed E-state index contributed by atoms with van der Waals surface area (Å²) < 4.78 is 31.5. The Balaban J connectivity index is 2.04. The van der Waals surface area contributed by atoms with Crippen molar-refractivity contribution in [2.75, 3.05) is 27.4 Å². The summed E-state index contributed by atoms with van der Waals surface area (Å²) in [7, 11) is 2.44. The highest BCUT2D eigenvalue weighted by atomic mass is 16.6. The Hall–Kier alpha value is -3.66. The van der Waals surface area contributed by atoms with Gasteiger partial charge < -0.3 is 49.7 Å². The van der Waals surface area contributed by atoms with E-state index in [1.165, 1.54) is 14.2 Å². The molecule has 2 saturated heterocycles. The molecule has 0 aromatic rings. The predicted octanol–water partition coefficient (Wildman–Crippen LogP) is 0.447. The van der Waals surface area contributed by atoms with Gasteiger partial charge in [-0.3, -0.25) is 19.2 Å². The van der Waals surface area contributed by atoms with Gasteiger partial charge in [-0.15, -0.1) is 0 Å². The van der Waals surface area contributed by atoms with E-state index in [0.717, 1.165) is 0 Å². The van der Waals surface area contributed by atoms with Crippen molar-refractivity contribution in [3.05, 3.63) is 0 Å². The molecule has 250 valence electrons. The Kier molecular flexibility index (Phi) is 13.2. The highest BCUT2D eigenvalue weighted by molar-refractivity contribution is 5.87. The minimum absolute atomic E-state index is 0.0451. The maximum Gasteiger partial charge on any atom is 0.408 e. The summed E-state index contributed by atoms with van der Waals surface area (Å²) in [4.78, 5) is 74.5. The summed E-state index contributed by atoms with van der Waals surface area (Å²) in [5.74, 6) is -2.28.